The van der Waals surface area contributed by atoms with E-state index in [1.807, 2.05) is 0 Å². The van der Waals surface area contributed by atoms with E-state index in [4.69, 9.17) is 0 Å². The van der Waals surface area contributed by atoms with Crippen molar-refractivity contribution in [2.75, 3.05) is 7.05 Å². The van der Waals surface area contributed by atoms with Gasteiger partial charge in [-0.25, -0.2) is 4.39 Å². The summed E-state index contributed by atoms with van der Waals surface area (Å²) in [5, 5.41) is 8.68. The lowest BCUT2D eigenvalue weighted by atomic mass is 9.87. The zero-order valence-electron chi connectivity index (χ0n) is 12.7. The summed E-state index contributed by atoms with van der Waals surface area (Å²) in [5.41, 5.74) is -4.89. The molecule has 0 aromatic rings. The Balaban J connectivity index is 3.61. The van der Waals surface area contributed by atoms with Crippen LogP contribution in [0.15, 0.2) is 0 Å². The number of aliphatic hydroxyl groups is 1. The van der Waals surface area contributed by atoms with Gasteiger partial charge in [0.05, 0.1) is 0 Å². The normalized spacial score (nSPS) is 26.2. The van der Waals surface area contributed by atoms with E-state index in [9.17, 15) is 71.4 Å². The van der Waals surface area contributed by atoms with Crippen LogP contribution in [0.25, 0.3) is 0 Å². The highest BCUT2D eigenvalue weighted by atomic mass is 19.4. The Bertz CT molecular complexity index is 647. The van der Waals surface area contributed by atoms with Crippen LogP contribution in [0, 0.1) is 0 Å². The first kappa shape index (κ1) is 24.4. The van der Waals surface area contributed by atoms with Gasteiger partial charge in [-0.3, -0.25) is 9.80 Å². The molecule has 0 aliphatic carbocycles. The van der Waals surface area contributed by atoms with Gasteiger partial charge >= 0.3 is 35.8 Å². The Morgan fingerprint density at radius 2 is 1.18 bits per heavy atom. The summed E-state index contributed by atoms with van der Waals surface area (Å²) in [5.74, 6) is -41.9. The van der Waals surface area contributed by atoms with Gasteiger partial charge in [0.25, 0.3) is 5.91 Å². The van der Waals surface area contributed by atoms with Crippen molar-refractivity contribution in [2.45, 2.75) is 47.7 Å². The van der Waals surface area contributed by atoms with Crippen molar-refractivity contribution in [1.82, 2.24) is 10.4 Å². The minimum absolute atomic E-state index is 0.270. The van der Waals surface area contributed by atoms with E-state index >= 15 is 0 Å². The van der Waals surface area contributed by atoms with Crippen LogP contribution in [-0.4, -0.2) is 70.8 Å². The number of halogens is 14. The van der Waals surface area contributed by atoms with Crippen molar-refractivity contribution in [1.29, 1.82) is 0 Å². The number of hydrogen-bond donors (Lipinski definition) is 2. The highest BCUT2D eigenvalue weighted by Crippen LogP contribution is 2.62. The summed E-state index contributed by atoms with van der Waals surface area (Å²) in [6.45, 7) is 0. The molecule has 0 spiro atoms. The summed E-state index contributed by atoms with van der Waals surface area (Å²) in [4.78, 5) is 11.0. The number of hydrazine groups is 1. The average molecular weight is 452 g/mol. The number of carbonyl (C=O) groups is 1. The molecule has 1 saturated heterocycles. The van der Waals surface area contributed by atoms with E-state index in [1.54, 1.807) is 0 Å². The molecule has 28 heavy (non-hydrogen) atoms. The maximum Gasteiger partial charge on any atom is 0.460 e. The molecule has 4 nitrogen and oxygen atoms in total. The molecule has 0 radical (unpaired) electrons. The molecule has 0 saturated carbocycles. The van der Waals surface area contributed by atoms with Gasteiger partial charge in [-0.1, -0.05) is 0 Å². The van der Waals surface area contributed by atoms with Gasteiger partial charge in [-0.2, -0.15) is 62.5 Å². The Morgan fingerprint density at radius 3 is 1.46 bits per heavy atom. The van der Waals surface area contributed by atoms with E-state index in [0.29, 0.717) is 5.43 Å². The Kier molecular flexibility index (Phi) is 5.20. The summed E-state index contributed by atoms with van der Waals surface area (Å²) < 4.78 is 182. The molecule has 2 atom stereocenters. The van der Waals surface area contributed by atoms with Crippen molar-refractivity contribution in [2.24, 2.45) is 0 Å². The van der Waals surface area contributed by atoms with E-state index < -0.39 is 58.6 Å². The van der Waals surface area contributed by atoms with Crippen LogP contribution in [0.4, 0.5) is 61.5 Å². The van der Waals surface area contributed by atoms with E-state index in [2.05, 4.69) is 0 Å². The lowest BCUT2D eigenvalue weighted by molar-refractivity contribution is -0.452. The molecule has 18 heteroatoms. The summed E-state index contributed by atoms with van der Waals surface area (Å²) in [7, 11) is 0.270. The molecule has 2 N–H and O–H groups in total. The molecule has 1 fully saturated rings. The summed E-state index contributed by atoms with van der Waals surface area (Å²) in [6, 6.07) is 0. The lowest BCUT2D eigenvalue weighted by Gasteiger charge is -2.43. The monoisotopic (exact) mass is 452 g/mol. The molecular formula is C10H6F14N2O2. The highest BCUT2D eigenvalue weighted by Gasteiger charge is 2.93. The second-order valence-corrected chi connectivity index (χ2v) is 5.51. The first-order valence-electron chi connectivity index (χ1n) is 6.32. The summed E-state index contributed by atoms with van der Waals surface area (Å²) in [6.07, 6.45) is -11.8. The van der Waals surface area contributed by atoms with Crippen LogP contribution >= 0.6 is 0 Å². The Labute approximate surface area is 144 Å². The van der Waals surface area contributed by atoms with Gasteiger partial charge in [-0.15, -0.1) is 0 Å². The molecule has 1 heterocycles. The van der Waals surface area contributed by atoms with Crippen molar-refractivity contribution in [3.63, 3.8) is 0 Å². The van der Waals surface area contributed by atoms with Gasteiger partial charge in [0.15, 0.2) is 0 Å². The highest BCUT2D eigenvalue weighted by molar-refractivity contribution is 5.84. The third kappa shape index (κ3) is 2.62. The molecule has 1 rings (SSSR count). The number of amides is 1. The standard InChI is InChI=1S/C10H6F14N2O2/c1-26-3(27)2(11)4(28,25-26)5(12,13)6(14,15)7(16,17)8(18,19)9(20,21)10(22,23)24/h2,25,28H,1H3/t2?,4-/m1/s1. The number of hydrogen-bond acceptors (Lipinski definition) is 3. The predicted octanol–water partition coefficient (Wildman–Crippen LogP) is 2.73. The first-order chi connectivity index (χ1) is 11.9. The quantitative estimate of drug-likeness (QED) is 0.632. The molecular weight excluding hydrogens is 446 g/mol. The maximum absolute atomic E-state index is 13.8. The predicted molar refractivity (Wildman–Crippen MR) is 56.5 cm³/mol. The van der Waals surface area contributed by atoms with Crippen molar-refractivity contribution >= 4 is 5.91 Å². The number of alkyl halides is 14. The number of nitrogens with one attached hydrogen (secondary N) is 1. The van der Waals surface area contributed by atoms with Gasteiger partial charge < -0.3 is 5.11 Å². The van der Waals surface area contributed by atoms with Crippen LogP contribution in [0.5, 0.6) is 0 Å². The number of nitrogens with zero attached hydrogens (tertiary/aromatic N) is 1. The Morgan fingerprint density at radius 1 is 0.821 bits per heavy atom. The zero-order valence-corrected chi connectivity index (χ0v) is 12.7. The second kappa shape index (κ2) is 5.96. The van der Waals surface area contributed by atoms with Crippen molar-refractivity contribution in [3.8, 4) is 0 Å². The van der Waals surface area contributed by atoms with Crippen LogP contribution in [0.3, 0.4) is 0 Å². The van der Waals surface area contributed by atoms with Gasteiger partial charge in [0.1, 0.15) is 0 Å². The van der Waals surface area contributed by atoms with Crippen LogP contribution in [0.1, 0.15) is 0 Å². The number of carbonyl (C=O) groups excluding carboxylic acids is 1. The first-order valence-corrected chi connectivity index (χ1v) is 6.32. The molecule has 1 amide bonds. The molecule has 1 unspecified atom stereocenters. The lowest BCUT2D eigenvalue weighted by Crippen LogP contribution is -2.76. The third-order valence-electron chi connectivity index (χ3n) is 3.66. The molecule has 1 aliphatic rings. The second-order valence-electron chi connectivity index (χ2n) is 5.51. The van der Waals surface area contributed by atoms with Gasteiger partial charge in [0.2, 0.25) is 11.9 Å². The van der Waals surface area contributed by atoms with Gasteiger partial charge in [0, 0.05) is 7.05 Å². The van der Waals surface area contributed by atoms with Crippen LogP contribution in [-0.2, 0) is 4.79 Å². The van der Waals surface area contributed by atoms with E-state index in [0.717, 1.165) is 0 Å². The Hall–Kier alpha value is -1.59. The smallest absolute Gasteiger partial charge is 0.366 e. The molecule has 1 aliphatic heterocycles. The van der Waals surface area contributed by atoms with Crippen molar-refractivity contribution in [3.05, 3.63) is 0 Å². The fourth-order valence-electron chi connectivity index (χ4n) is 1.95. The largest absolute Gasteiger partial charge is 0.460 e. The molecule has 166 valence electrons. The average Bonchev–Trinajstić information content (AvgIpc) is 2.69. The SMILES string of the molecule is CN1N[C@](O)(C(F)(F)C(F)(F)C(F)(F)C(F)(F)C(F)(F)C(F)(F)F)C(F)C1=O. The van der Waals surface area contributed by atoms with Crippen molar-refractivity contribution < 1.29 is 71.4 Å². The third-order valence-corrected chi connectivity index (χ3v) is 3.66. The minimum atomic E-state index is -8.22. The van der Waals surface area contributed by atoms with Gasteiger partial charge in [-0.05, 0) is 0 Å². The maximum atomic E-state index is 13.8. The minimum Gasteiger partial charge on any atom is -0.366 e. The fourth-order valence-corrected chi connectivity index (χ4v) is 1.95. The molecule has 0 aromatic carbocycles. The van der Waals surface area contributed by atoms with Crippen LogP contribution < -0.4 is 5.43 Å². The van der Waals surface area contributed by atoms with E-state index in [-0.39, 0.29) is 7.05 Å². The van der Waals surface area contributed by atoms with E-state index in [1.165, 1.54) is 0 Å². The summed E-state index contributed by atoms with van der Waals surface area (Å²) >= 11 is 0. The molecule has 0 bridgehead atoms. The van der Waals surface area contributed by atoms with Crippen LogP contribution in [0.2, 0.25) is 0 Å². The number of rotatable bonds is 5. The fraction of sp³-hybridized carbons (Fsp3) is 0.900. The molecule has 0 aromatic heterocycles. The zero-order chi connectivity index (χ0) is 22.9. The topological polar surface area (TPSA) is 52.6 Å².